The van der Waals surface area contributed by atoms with Gasteiger partial charge in [0.1, 0.15) is 0 Å². The SMILES string of the molecule is CC(C)N1C(=O)[C@]2(C(=O)N(Cc3ccccc3)C23CCCCC3)[C@@H]1c1ccc(C(F)(F)F)cc1. The maximum atomic E-state index is 13.9. The lowest BCUT2D eigenvalue weighted by Crippen LogP contribution is -2.90. The Balaban J connectivity index is 1.59. The number of halogens is 3. The van der Waals surface area contributed by atoms with Gasteiger partial charge in [-0.3, -0.25) is 9.59 Å². The molecule has 1 saturated carbocycles. The largest absolute Gasteiger partial charge is 0.416 e. The Labute approximate surface area is 197 Å². The van der Waals surface area contributed by atoms with Gasteiger partial charge in [-0.15, -0.1) is 0 Å². The number of hydrogen-bond donors (Lipinski definition) is 0. The summed E-state index contributed by atoms with van der Waals surface area (Å²) in [5, 5.41) is 0. The van der Waals surface area contributed by atoms with E-state index in [1.54, 1.807) is 4.90 Å². The Morgan fingerprint density at radius 1 is 0.912 bits per heavy atom. The van der Waals surface area contributed by atoms with E-state index in [9.17, 15) is 22.8 Å². The van der Waals surface area contributed by atoms with Crippen LogP contribution in [-0.4, -0.2) is 33.2 Å². The minimum absolute atomic E-state index is 0.165. The van der Waals surface area contributed by atoms with Gasteiger partial charge in [-0.25, -0.2) is 0 Å². The number of alkyl halides is 3. The van der Waals surface area contributed by atoms with Gasteiger partial charge < -0.3 is 9.80 Å². The van der Waals surface area contributed by atoms with Gasteiger partial charge >= 0.3 is 6.18 Å². The summed E-state index contributed by atoms with van der Waals surface area (Å²) >= 11 is 0. The lowest BCUT2D eigenvalue weighted by atomic mass is 9.46. The van der Waals surface area contributed by atoms with Crippen molar-refractivity contribution in [2.24, 2.45) is 5.41 Å². The molecule has 7 heteroatoms. The smallest absolute Gasteiger partial charge is 0.330 e. The quantitative estimate of drug-likeness (QED) is 0.423. The highest BCUT2D eigenvalue weighted by molar-refractivity contribution is 6.17. The minimum Gasteiger partial charge on any atom is -0.330 e. The van der Waals surface area contributed by atoms with Gasteiger partial charge in [0, 0.05) is 12.6 Å². The summed E-state index contributed by atoms with van der Waals surface area (Å²) in [6.07, 6.45) is -0.0598. The first kappa shape index (κ1) is 22.9. The second-order valence-corrected chi connectivity index (χ2v) is 10.1. The van der Waals surface area contributed by atoms with E-state index >= 15 is 0 Å². The molecule has 2 aromatic rings. The van der Waals surface area contributed by atoms with Crippen LogP contribution < -0.4 is 0 Å². The molecule has 2 saturated heterocycles. The zero-order valence-corrected chi connectivity index (χ0v) is 19.4. The number of carbonyl (C=O) groups excluding carboxylic acids is 2. The summed E-state index contributed by atoms with van der Waals surface area (Å²) in [5.74, 6) is -0.367. The van der Waals surface area contributed by atoms with Crippen molar-refractivity contribution in [3.63, 3.8) is 0 Å². The summed E-state index contributed by atoms with van der Waals surface area (Å²) in [6, 6.07) is 14.0. The van der Waals surface area contributed by atoms with Crippen molar-refractivity contribution < 1.29 is 22.8 Å². The Morgan fingerprint density at radius 3 is 2.09 bits per heavy atom. The third kappa shape index (κ3) is 2.98. The van der Waals surface area contributed by atoms with Gasteiger partial charge in [0.05, 0.1) is 17.1 Å². The number of nitrogens with zero attached hydrogens (tertiary/aromatic N) is 2. The van der Waals surface area contributed by atoms with Crippen LogP contribution in [0.1, 0.15) is 68.7 Å². The van der Waals surface area contributed by atoms with Crippen LogP contribution in [0.5, 0.6) is 0 Å². The molecule has 2 amide bonds. The van der Waals surface area contributed by atoms with Gasteiger partial charge in [0.15, 0.2) is 5.41 Å². The average molecular weight is 471 g/mol. The Bertz CT molecular complexity index is 1090. The third-order valence-corrected chi connectivity index (χ3v) is 8.07. The lowest BCUT2D eigenvalue weighted by Gasteiger charge is -2.74. The normalized spacial score (nSPS) is 26.2. The molecule has 3 fully saturated rings. The number of rotatable bonds is 4. The zero-order chi connectivity index (χ0) is 24.3. The summed E-state index contributed by atoms with van der Waals surface area (Å²) in [6.45, 7) is 4.22. The number of hydrogen-bond acceptors (Lipinski definition) is 2. The highest BCUT2D eigenvalue weighted by Crippen LogP contribution is 2.69. The molecule has 5 rings (SSSR count). The molecule has 180 valence electrons. The molecular formula is C27H29F3N2O2. The Hall–Kier alpha value is -2.83. The van der Waals surface area contributed by atoms with Crippen molar-refractivity contribution in [2.45, 2.75) is 76.3 Å². The fourth-order valence-electron chi connectivity index (χ4n) is 6.60. The molecule has 0 bridgehead atoms. The molecule has 2 aromatic carbocycles. The molecule has 2 spiro atoms. The van der Waals surface area contributed by atoms with Crippen LogP contribution >= 0.6 is 0 Å². The van der Waals surface area contributed by atoms with E-state index in [0.717, 1.165) is 49.8 Å². The second kappa shape index (κ2) is 7.85. The van der Waals surface area contributed by atoms with E-state index in [-0.39, 0.29) is 17.9 Å². The third-order valence-electron chi connectivity index (χ3n) is 8.07. The summed E-state index contributed by atoms with van der Waals surface area (Å²) in [5.41, 5.74) is -0.960. The monoisotopic (exact) mass is 470 g/mol. The highest BCUT2D eigenvalue weighted by Gasteiger charge is 2.84. The molecule has 0 N–H and O–H groups in total. The van der Waals surface area contributed by atoms with E-state index in [4.69, 9.17) is 0 Å². The van der Waals surface area contributed by atoms with Crippen LogP contribution in [0.2, 0.25) is 0 Å². The molecule has 2 heterocycles. The van der Waals surface area contributed by atoms with Crippen molar-refractivity contribution in [3.8, 4) is 0 Å². The van der Waals surface area contributed by atoms with Gasteiger partial charge in [-0.05, 0) is 49.9 Å². The maximum Gasteiger partial charge on any atom is 0.416 e. The molecular weight excluding hydrogens is 441 g/mol. The molecule has 1 aliphatic carbocycles. The highest BCUT2D eigenvalue weighted by atomic mass is 19.4. The molecule has 34 heavy (non-hydrogen) atoms. The number of amides is 2. The number of β-lactam (4-membered cyclic amide) rings is 2. The first-order valence-electron chi connectivity index (χ1n) is 12.0. The standard InChI is InChI=1S/C27H29F3N2O2/c1-18(2)32-22(20-11-13-21(14-12-20)27(28,29)30)26(24(32)34)23(33)31(17-19-9-5-3-6-10-19)25(26)15-7-4-8-16-25/h3,5-6,9-14,18,22H,4,7-8,15-17H2,1-2H3/t22-,26+/m0/s1. The average Bonchev–Trinajstić information content (AvgIpc) is 2.81. The first-order chi connectivity index (χ1) is 16.1. The second-order valence-electron chi connectivity index (χ2n) is 10.1. The number of carbonyl (C=O) groups is 2. The van der Waals surface area contributed by atoms with Crippen LogP contribution in [-0.2, 0) is 22.3 Å². The van der Waals surface area contributed by atoms with E-state index in [2.05, 4.69) is 0 Å². The van der Waals surface area contributed by atoms with Crippen molar-refractivity contribution in [1.82, 2.24) is 9.80 Å². The topological polar surface area (TPSA) is 40.6 Å². The minimum atomic E-state index is -4.44. The van der Waals surface area contributed by atoms with Gasteiger partial charge in [-0.1, -0.05) is 61.7 Å². The molecule has 0 aromatic heterocycles. The van der Waals surface area contributed by atoms with Gasteiger partial charge in [-0.2, -0.15) is 13.2 Å². The Morgan fingerprint density at radius 2 is 1.53 bits per heavy atom. The molecule has 2 atom stereocenters. The predicted molar refractivity (Wildman–Crippen MR) is 121 cm³/mol. The van der Waals surface area contributed by atoms with E-state index in [1.165, 1.54) is 12.1 Å². The number of benzene rings is 2. The van der Waals surface area contributed by atoms with Gasteiger partial charge in [0.25, 0.3) is 0 Å². The maximum absolute atomic E-state index is 13.9. The van der Waals surface area contributed by atoms with Crippen molar-refractivity contribution in [1.29, 1.82) is 0 Å². The van der Waals surface area contributed by atoms with Crippen molar-refractivity contribution in [3.05, 3.63) is 71.3 Å². The fraction of sp³-hybridized carbons (Fsp3) is 0.481. The predicted octanol–water partition coefficient (Wildman–Crippen LogP) is 5.73. The molecule has 4 nitrogen and oxygen atoms in total. The fourth-order valence-corrected chi connectivity index (χ4v) is 6.60. The lowest BCUT2D eigenvalue weighted by molar-refractivity contribution is -0.249. The van der Waals surface area contributed by atoms with Gasteiger partial charge in [0.2, 0.25) is 11.8 Å². The summed E-state index contributed by atoms with van der Waals surface area (Å²) in [4.78, 5) is 31.3. The van der Waals surface area contributed by atoms with E-state index < -0.39 is 28.7 Å². The summed E-state index contributed by atoms with van der Waals surface area (Å²) < 4.78 is 39.6. The number of fused-ring (bicyclic) bond motifs is 1. The molecule has 0 unspecified atom stereocenters. The van der Waals surface area contributed by atoms with Crippen LogP contribution in [0, 0.1) is 5.41 Å². The van der Waals surface area contributed by atoms with E-state index in [1.807, 2.05) is 49.1 Å². The van der Waals surface area contributed by atoms with Crippen molar-refractivity contribution >= 4 is 11.8 Å². The molecule has 0 radical (unpaired) electrons. The molecule has 3 aliphatic rings. The zero-order valence-electron chi connectivity index (χ0n) is 19.4. The van der Waals surface area contributed by atoms with E-state index in [0.29, 0.717) is 12.1 Å². The Kier molecular flexibility index (Phi) is 5.30. The first-order valence-corrected chi connectivity index (χ1v) is 12.0. The van der Waals surface area contributed by atoms with Crippen LogP contribution in [0.25, 0.3) is 0 Å². The van der Waals surface area contributed by atoms with Crippen molar-refractivity contribution in [2.75, 3.05) is 0 Å². The molecule has 2 aliphatic heterocycles. The van der Waals surface area contributed by atoms with Crippen LogP contribution in [0.3, 0.4) is 0 Å². The van der Waals surface area contributed by atoms with Crippen LogP contribution in [0.15, 0.2) is 54.6 Å². The van der Waals surface area contributed by atoms with Crippen LogP contribution in [0.4, 0.5) is 13.2 Å². The number of likely N-dealkylation sites (tertiary alicyclic amines) is 2. The summed E-state index contributed by atoms with van der Waals surface area (Å²) in [7, 11) is 0.